The number of allylic oxidation sites excluding steroid dienone is 2. The molecule has 4 N–H and O–H groups in total. The number of carbonyl (C=O) groups is 1. The third kappa shape index (κ3) is 9.15. The molecule has 0 heterocycles. The maximum absolute atomic E-state index is 11.0. The Bertz CT molecular complexity index is 483. The van der Waals surface area contributed by atoms with Crippen LogP contribution < -0.4 is 0 Å². The molecule has 0 aromatic heterocycles. The Balaban J connectivity index is 2.49. The molecule has 5 heteroatoms. The van der Waals surface area contributed by atoms with Gasteiger partial charge in [0.15, 0.2) is 5.78 Å². The van der Waals surface area contributed by atoms with Crippen LogP contribution in [0, 0.1) is 11.8 Å². The summed E-state index contributed by atoms with van der Waals surface area (Å²) < 4.78 is 0. The Kier molecular flexibility index (Phi) is 11.1. The van der Waals surface area contributed by atoms with Gasteiger partial charge in [-0.2, -0.15) is 0 Å². The van der Waals surface area contributed by atoms with Crippen molar-refractivity contribution < 1.29 is 25.2 Å². The summed E-state index contributed by atoms with van der Waals surface area (Å²) in [5.74, 6) is -0.285. The van der Waals surface area contributed by atoms with Crippen LogP contribution in [0.3, 0.4) is 0 Å². The van der Waals surface area contributed by atoms with Crippen molar-refractivity contribution in [2.45, 2.75) is 89.4 Å². The minimum absolute atomic E-state index is 0.0350. The van der Waals surface area contributed by atoms with Crippen LogP contribution in [0.2, 0.25) is 0 Å². The molecule has 1 saturated carbocycles. The lowest BCUT2D eigenvalue weighted by atomic mass is 9.88. The zero-order chi connectivity index (χ0) is 20.3. The van der Waals surface area contributed by atoms with Crippen LogP contribution in [0.4, 0.5) is 0 Å². The second kappa shape index (κ2) is 12.4. The number of aliphatic hydroxyl groups is 4. The first kappa shape index (κ1) is 24.0. The number of carbonyl (C=O) groups excluding carboxylic acids is 1. The Morgan fingerprint density at radius 1 is 1.15 bits per heavy atom. The molecule has 1 rings (SSSR count). The van der Waals surface area contributed by atoms with Gasteiger partial charge < -0.3 is 20.4 Å². The van der Waals surface area contributed by atoms with Gasteiger partial charge >= 0.3 is 0 Å². The number of hydrogen-bond donors (Lipinski definition) is 4. The third-order valence-electron chi connectivity index (χ3n) is 5.48. The lowest BCUT2D eigenvalue weighted by molar-refractivity contribution is -0.121. The maximum atomic E-state index is 11.0. The summed E-state index contributed by atoms with van der Waals surface area (Å²) in [6.45, 7) is 3.55. The summed E-state index contributed by atoms with van der Waals surface area (Å²) in [5.41, 5.74) is -0.726. The van der Waals surface area contributed by atoms with E-state index in [-0.39, 0.29) is 17.6 Å². The quantitative estimate of drug-likeness (QED) is 0.290. The topological polar surface area (TPSA) is 98.0 Å². The molecule has 27 heavy (non-hydrogen) atoms. The van der Waals surface area contributed by atoms with Gasteiger partial charge in [0.25, 0.3) is 0 Å². The van der Waals surface area contributed by atoms with Gasteiger partial charge in [-0.05, 0) is 44.9 Å². The minimum Gasteiger partial charge on any atom is -0.393 e. The predicted octanol–water partition coefficient (Wildman–Crippen LogP) is 2.91. The molecule has 5 atom stereocenters. The number of hydrogen-bond acceptors (Lipinski definition) is 5. The van der Waals surface area contributed by atoms with Gasteiger partial charge in [-0.3, -0.25) is 4.79 Å². The van der Waals surface area contributed by atoms with E-state index in [9.17, 15) is 20.1 Å². The maximum Gasteiger partial charge on any atom is 0.158 e. The fraction of sp³-hybridized carbons (Fsp3) is 0.773. The SMILES string of the molecule is CCCCC(C)(O)CC=C[C@@H]1[C@@H](CC=CCCCC(=O)CO)[C@@H](O)C[C@H]1O. The van der Waals surface area contributed by atoms with Crippen molar-refractivity contribution in [3.63, 3.8) is 0 Å². The van der Waals surface area contributed by atoms with Crippen molar-refractivity contribution in [2.24, 2.45) is 11.8 Å². The molecular weight excluding hydrogens is 344 g/mol. The van der Waals surface area contributed by atoms with E-state index in [2.05, 4.69) is 6.92 Å². The van der Waals surface area contributed by atoms with Crippen LogP contribution in [-0.2, 0) is 4.79 Å². The lowest BCUT2D eigenvalue weighted by Crippen LogP contribution is -2.23. The smallest absolute Gasteiger partial charge is 0.158 e. The van der Waals surface area contributed by atoms with E-state index in [0.29, 0.717) is 32.1 Å². The Labute approximate surface area is 163 Å². The van der Waals surface area contributed by atoms with E-state index >= 15 is 0 Å². The second-order valence-corrected chi connectivity index (χ2v) is 8.14. The molecule has 1 unspecified atom stereocenters. The van der Waals surface area contributed by atoms with Crippen molar-refractivity contribution in [3.05, 3.63) is 24.3 Å². The Morgan fingerprint density at radius 2 is 1.89 bits per heavy atom. The summed E-state index contributed by atoms with van der Waals surface area (Å²) in [4.78, 5) is 11.0. The van der Waals surface area contributed by atoms with Crippen LogP contribution in [0.15, 0.2) is 24.3 Å². The number of rotatable bonds is 13. The van der Waals surface area contributed by atoms with Gasteiger partial charge in [0, 0.05) is 18.8 Å². The summed E-state index contributed by atoms with van der Waals surface area (Å²) in [6, 6.07) is 0. The van der Waals surface area contributed by atoms with Crippen molar-refractivity contribution in [3.8, 4) is 0 Å². The van der Waals surface area contributed by atoms with Crippen LogP contribution in [0.5, 0.6) is 0 Å². The number of unbranched alkanes of at least 4 members (excludes halogenated alkanes) is 2. The highest BCUT2D eigenvalue weighted by Gasteiger charge is 2.39. The van der Waals surface area contributed by atoms with Crippen LogP contribution in [0.1, 0.15) is 71.6 Å². The molecule has 0 saturated heterocycles. The molecule has 5 nitrogen and oxygen atoms in total. The van der Waals surface area contributed by atoms with Gasteiger partial charge in [0.1, 0.15) is 6.61 Å². The predicted molar refractivity (Wildman–Crippen MR) is 107 cm³/mol. The highest BCUT2D eigenvalue weighted by atomic mass is 16.3. The normalized spacial score (nSPS) is 28.2. The largest absolute Gasteiger partial charge is 0.393 e. The summed E-state index contributed by atoms with van der Waals surface area (Å²) >= 11 is 0. The summed E-state index contributed by atoms with van der Waals surface area (Å²) in [6.07, 6.45) is 13.1. The molecule has 1 fully saturated rings. The molecular formula is C22H38O5. The highest BCUT2D eigenvalue weighted by Crippen LogP contribution is 2.36. The van der Waals surface area contributed by atoms with Crippen LogP contribution in [0.25, 0.3) is 0 Å². The number of Topliss-reactive ketones (excluding diaryl/α,β-unsaturated/α-hetero) is 1. The van der Waals surface area contributed by atoms with Gasteiger partial charge in [0.2, 0.25) is 0 Å². The van der Waals surface area contributed by atoms with E-state index in [0.717, 1.165) is 25.7 Å². The monoisotopic (exact) mass is 382 g/mol. The first-order chi connectivity index (χ1) is 12.8. The zero-order valence-electron chi connectivity index (χ0n) is 16.9. The standard InChI is InChI=1S/C22H38O5/c1-3-4-13-22(2,27)14-9-12-19-18(20(25)15-21(19)26)11-8-6-5-7-10-17(24)16-23/h6,8-9,12,18-21,23,25-27H,3-5,7,10-11,13-16H2,1-2H3/t18-,19-,20+,21-,22?/m1/s1. The molecule has 0 radical (unpaired) electrons. The molecule has 0 bridgehead atoms. The average Bonchev–Trinajstić information content (AvgIpc) is 2.89. The molecule has 0 amide bonds. The molecule has 156 valence electrons. The van der Waals surface area contributed by atoms with Crippen LogP contribution >= 0.6 is 0 Å². The molecule has 1 aliphatic rings. The van der Waals surface area contributed by atoms with E-state index in [4.69, 9.17) is 5.11 Å². The van der Waals surface area contributed by atoms with Crippen molar-refractivity contribution in [1.29, 1.82) is 0 Å². The van der Waals surface area contributed by atoms with Gasteiger partial charge in [0.05, 0.1) is 17.8 Å². The zero-order valence-corrected chi connectivity index (χ0v) is 16.9. The third-order valence-corrected chi connectivity index (χ3v) is 5.48. The van der Waals surface area contributed by atoms with Gasteiger partial charge in [-0.25, -0.2) is 0 Å². The molecule has 0 spiro atoms. The molecule has 0 aromatic rings. The number of aliphatic hydroxyl groups excluding tert-OH is 3. The highest BCUT2D eigenvalue weighted by molar-refractivity contribution is 5.79. The first-order valence-electron chi connectivity index (χ1n) is 10.3. The van der Waals surface area contributed by atoms with Crippen molar-refractivity contribution in [1.82, 2.24) is 0 Å². The fourth-order valence-electron chi connectivity index (χ4n) is 3.71. The fourth-order valence-corrected chi connectivity index (χ4v) is 3.71. The van der Waals surface area contributed by atoms with Crippen LogP contribution in [-0.4, -0.2) is 50.6 Å². The van der Waals surface area contributed by atoms with Crippen molar-refractivity contribution >= 4 is 5.78 Å². The minimum atomic E-state index is -0.726. The van der Waals surface area contributed by atoms with E-state index in [1.165, 1.54) is 0 Å². The molecule has 0 aromatic carbocycles. The van der Waals surface area contributed by atoms with Crippen molar-refractivity contribution in [2.75, 3.05) is 6.61 Å². The van der Waals surface area contributed by atoms with Gasteiger partial charge in [-0.1, -0.05) is 44.1 Å². The lowest BCUT2D eigenvalue weighted by Gasteiger charge is -2.23. The first-order valence-corrected chi connectivity index (χ1v) is 10.3. The Morgan fingerprint density at radius 3 is 2.56 bits per heavy atom. The average molecular weight is 383 g/mol. The Hall–Kier alpha value is -1.01. The van der Waals surface area contributed by atoms with Gasteiger partial charge in [-0.15, -0.1) is 0 Å². The summed E-state index contributed by atoms with van der Waals surface area (Å²) in [5, 5.41) is 39.6. The number of ketones is 1. The van der Waals surface area contributed by atoms with E-state index in [1.807, 2.05) is 31.2 Å². The van der Waals surface area contributed by atoms with E-state index < -0.39 is 24.4 Å². The second-order valence-electron chi connectivity index (χ2n) is 8.14. The molecule has 0 aliphatic heterocycles. The van der Waals surface area contributed by atoms with E-state index in [1.54, 1.807) is 0 Å². The molecule has 1 aliphatic carbocycles. The summed E-state index contributed by atoms with van der Waals surface area (Å²) in [7, 11) is 0.